The standard InChI is InChI=1S/C14H26N4O/c19-13(14-15-17-18-16-14)11-7-2-1-4-8-12-9-5-3-6-10-12/h12-13,19H,1-11H2,(H,15,16,17,18). The van der Waals surface area contributed by atoms with Crippen LogP contribution in [0.25, 0.3) is 0 Å². The Morgan fingerprint density at radius 3 is 2.63 bits per heavy atom. The number of nitrogens with zero attached hydrogens (tertiary/aromatic N) is 3. The number of aromatic nitrogens is 4. The Bertz CT molecular complexity index is 322. The lowest BCUT2D eigenvalue weighted by atomic mass is 9.85. The van der Waals surface area contributed by atoms with E-state index in [1.807, 2.05) is 0 Å². The van der Waals surface area contributed by atoms with Gasteiger partial charge in [0.15, 0.2) is 0 Å². The van der Waals surface area contributed by atoms with Crippen molar-refractivity contribution in [2.75, 3.05) is 0 Å². The van der Waals surface area contributed by atoms with Gasteiger partial charge in [-0.2, -0.15) is 5.21 Å². The summed E-state index contributed by atoms with van der Waals surface area (Å²) >= 11 is 0. The molecule has 0 aliphatic heterocycles. The van der Waals surface area contributed by atoms with Gasteiger partial charge in [0.2, 0.25) is 5.82 Å². The molecule has 1 atom stereocenters. The fourth-order valence-electron chi connectivity index (χ4n) is 3.04. The maximum absolute atomic E-state index is 9.78. The predicted molar refractivity (Wildman–Crippen MR) is 73.4 cm³/mol. The summed E-state index contributed by atoms with van der Waals surface area (Å²) in [5.41, 5.74) is 0. The van der Waals surface area contributed by atoms with Crippen LogP contribution in [0, 0.1) is 5.92 Å². The van der Waals surface area contributed by atoms with Crippen molar-refractivity contribution in [1.29, 1.82) is 0 Å². The lowest BCUT2D eigenvalue weighted by Gasteiger charge is -2.21. The molecule has 108 valence electrons. The molecular formula is C14H26N4O. The number of aromatic amines is 1. The minimum absolute atomic E-state index is 0.419. The van der Waals surface area contributed by atoms with E-state index >= 15 is 0 Å². The zero-order chi connectivity index (χ0) is 13.3. The van der Waals surface area contributed by atoms with Crippen molar-refractivity contribution in [3.8, 4) is 0 Å². The lowest BCUT2D eigenvalue weighted by molar-refractivity contribution is 0.153. The third-order valence-electron chi connectivity index (χ3n) is 4.22. The first-order chi connectivity index (χ1) is 9.36. The van der Waals surface area contributed by atoms with Crippen LogP contribution in [0.2, 0.25) is 0 Å². The maximum atomic E-state index is 9.78. The summed E-state index contributed by atoms with van der Waals surface area (Å²) in [6, 6.07) is 0. The Labute approximate surface area is 115 Å². The molecule has 0 radical (unpaired) electrons. The number of hydrogen-bond donors (Lipinski definition) is 2. The molecule has 0 spiro atoms. The number of aliphatic hydroxyl groups is 1. The number of hydrogen-bond acceptors (Lipinski definition) is 4. The van der Waals surface area contributed by atoms with E-state index in [1.165, 1.54) is 57.8 Å². The summed E-state index contributed by atoms with van der Waals surface area (Å²) in [4.78, 5) is 0. The van der Waals surface area contributed by atoms with Crippen LogP contribution in [-0.4, -0.2) is 25.7 Å². The first-order valence-corrected chi connectivity index (χ1v) is 7.77. The van der Waals surface area contributed by atoms with Crippen molar-refractivity contribution in [2.45, 2.75) is 76.7 Å². The number of tetrazole rings is 1. The third-order valence-corrected chi connectivity index (χ3v) is 4.22. The first kappa shape index (κ1) is 14.4. The molecule has 1 aliphatic rings. The normalized spacial score (nSPS) is 18.6. The van der Waals surface area contributed by atoms with Crippen molar-refractivity contribution in [1.82, 2.24) is 20.6 Å². The van der Waals surface area contributed by atoms with E-state index < -0.39 is 6.10 Å². The Hall–Kier alpha value is -0.970. The van der Waals surface area contributed by atoms with E-state index in [0.29, 0.717) is 5.82 Å². The Kier molecular flexibility index (Phi) is 6.27. The topological polar surface area (TPSA) is 74.7 Å². The second-order valence-electron chi connectivity index (χ2n) is 5.78. The van der Waals surface area contributed by atoms with Gasteiger partial charge in [-0.3, -0.25) is 0 Å². The van der Waals surface area contributed by atoms with E-state index in [0.717, 1.165) is 18.8 Å². The SMILES string of the molecule is OC(CCCCCCC1CCCCC1)c1nn[nH]n1. The smallest absolute Gasteiger partial charge is 0.202 e. The average molecular weight is 266 g/mol. The van der Waals surface area contributed by atoms with Crippen molar-refractivity contribution in [3.63, 3.8) is 0 Å². The molecular weight excluding hydrogens is 240 g/mol. The van der Waals surface area contributed by atoms with Gasteiger partial charge in [0.1, 0.15) is 6.10 Å². The van der Waals surface area contributed by atoms with Crippen molar-refractivity contribution in [3.05, 3.63) is 5.82 Å². The van der Waals surface area contributed by atoms with Gasteiger partial charge in [-0.05, 0) is 12.3 Å². The minimum Gasteiger partial charge on any atom is -0.385 e. The molecule has 1 unspecified atom stereocenters. The number of H-pyrrole nitrogens is 1. The number of nitrogens with one attached hydrogen (secondary N) is 1. The van der Waals surface area contributed by atoms with E-state index in [1.54, 1.807) is 0 Å². The van der Waals surface area contributed by atoms with Gasteiger partial charge < -0.3 is 5.11 Å². The number of aliphatic hydroxyl groups excluding tert-OH is 1. The second-order valence-corrected chi connectivity index (χ2v) is 5.78. The first-order valence-electron chi connectivity index (χ1n) is 7.77. The van der Waals surface area contributed by atoms with Gasteiger partial charge >= 0.3 is 0 Å². The van der Waals surface area contributed by atoms with Crippen molar-refractivity contribution >= 4 is 0 Å². The van der Waals surface area contributed by atoms with Gasteiger partial charge in [0.25, 0.3) is 0 Å². The summed E-state index contributed by atoms with van der Waals surface area (Å²) in [6.07, 6.45) is 13.7. The predicted octanol–water partition coefficient (Wildman–Crippen LogP) is 3.15. The summed E-state index contributed by atoms with van der Waals surface area (Å²) in [5, 5.41) is 23.2. The fourth-order valence-corrected chi connectivity index (χ4v) is 3.04. The molecule has 1 fully saturated rings. The molecule has 1 saturated carbocycles. The van der Waals surface area contributed by atoms with E-state index in [2.05, 4.69) is 20.6 Å². The molecule has 19 heavy (non-hydrogen) atoms. The van der Waals surface area contributed by atoms with Gasteiger partial charge in [-0.15, -0.1) is 10.2 Å². The fraction of sp³-hybridized carbons (Fsp3) is 0.929. The molecule has 5 nitrogen and oxygen atoms in total. The molecule has 1 heterocycles. The lowest BCUT2D eigenvalue weighted by Crippen LogP contribution is -2.05. The van der Waals surface area contributed by atoms with Crippen molar-refractivity contribution in [2.24, 2.45) is 5.92 Å². The van der Waals surface area contributed by atoms with Crippen LogP contribution in [0.1, 0.15) is 82.6 Å². The van der Waals surface area contributed by atoms with Gasteiger partial charge in [0, 0.05) is 0 Å². The van der Waals surface area contributed by atoms with Gasteiger partial charge in [0.05, 0.1) is 0 Å². The van der Waals surface area contributed by atoms with Gasteiger partial charge in [-0.1, -0.05) is 69.4 Å². The Morgan fingerprint density at radius 2 is 1.89 bits per heavy atom. The van der Waals surface area contributed by atoms with Crippen LogP contribution in [0.3, 0.4) is 0 Å². The highest BCUT2D eigenvalue weighted by molar-refractivity contribution is 4.82. The van der Waals surface area contributed by atoms with Crippen LogP contribution in [0.15, 0.2) is 0 Å². The molecule has 5 heteroatoms. The van der Waals surface area contributed by atoms with E-state index in [4.69, 9.17) is 0 Å². The van der Waals surface area contributed by atoms with Crippen LogP contribution in [-0.2, 0) is 0 Å². The highest BCUT2D eigenvalue weighted by Crippen LogP contribution is 2.28. The number of unbranched alkanes of at least 4 members (excludes halogenated alkanes) is 3. The van der Waals surface area contributed by atoms with Gasteiger partial charge in [-0.25, -0.2) is 0 Å². The number of rotatable bonds is 8. The minimum atomic E-state index is -0.558. The molecule has 1 aromatic rings. The van der Waals surface area contributed by atoms with Crippen LogP contribution in [0.5, 0.6) is 0 Å². The molecule has 2 rings (SSSR count). The zero-order valence-corrected chi connectivity index (χ0v) is 11.7. The molecule has 0 aromatic carbocycles. The van der Waals surface area contributed by atoms with E-state index in [9.17, 15) is 5.11 Å². The summed E-state index contributed by atoms with van der Waals surface area (Å²) in [6.45, 7) is 0. The molecule has 0 bridgehead atoms. The molecule has 0 amide bonds. The largest absolute Gasteiger partial charge is 0.385 e. The summed E-state index contributed by atoms with van der Waals surface area (Å²) in [5.74, 6) is 1.42. The average Bonchev–Trinajstić information content (AvgIpc) is 2.98. The van der Waals surface area contributed by atoms with E-state index in [-0.39, 0.29) is 0 Å². The third kappa shape index (κ3) is 5.27. The molecule has 0 saturated heterocycles. The Morgan fingerprint density at radius 1 is 1.11 bits per heavy atom. The quantitative estimate of drug-likeness (QED) is 0.709. The zero-order valence-electron chi connectivity index (χ0n) is 11.7. The van der Waals surface area contributed by atoms with Crippen LogP contribution >= 0.6 is 0 Å². The molecule has 1 aromatic heterocycles. The summed E-state index contributed by atoms with van der Waals surface area (Å²) in [7, 11) is 0. The second kappa shape index (κ2) is 8.25. The Balaban J connectivity index is 1.46. The van der Waals surface area contributed by atoms with Crippen molar-refractivity contribution < 1.29 is 5.11 Å². The molecule has 1 aliphatic carbocycles. The highest BCUT2D eigenvalue weighted by Gasteiger charge is 2.13. The maximum Gasteiger partial charge on any atom is 0.202 e. The van der Waals surface area contributed by atoms with Crippen LogP contribution < -0.4 is 0 Å². The molecule has 2 N–H and O–H groups in total. The monoisotopic (exact) mass is 266 g/mol. The summed E-state index contributed by atoms with van der Waals surface area (Å²) < 4.78 is 0. The van der Waals surface area contributed by atoms with Crippen LogP contribution in [0.4, 0.5) is 0 Å². The highest BCUT2D eigenvalue weighted by atomic mass is 16.3.